The second-order valence-corrected chi connectivity index (χ2v) is 10.1. The van der Waals surface area contributed by atoms with E-state index in [1.165, 1.54) is 4.31 Å². The summed E-state index contributed by atoms with van der Waals surface area (Å²) in [4.78, 5) is 14.9. The van der Waals surface area contributed by atoms with E-state index in [-0.39, 0.29) is 12.5 Å². The van der Waals surface area contributed by atoms with Gasteiger partial charge in [0.1, 0.15) is 0 Å². The molecule has 7 heteroatoms. The molecule has 1 aliphatic heterocycles. The summed E-state index contributed by atoms with van der Waals surface area (Å²) in [6.45, 7) is 10.1. The van der Waals surface area contributed by atoms with Crippen LogP contribution in [0.5, 0.6) is 0 Å². The summed E-state index contributed by atoms with van der Waals surface area (Å²) in [7, 11) is -3.52. The van der Waals surface area contributed by atoms with Crippen molar-refractivity contribution in [3.05, 3.63) is 59.2 Å². The molecule has 1 saturated heterocycles. The molecule has 0 unspecified atom stereocenters. The summed E-state index contributed by atoms with van der Waals surface area (Å²) in [5, 5.41) is 3.01. The lowest BCUT2D eigenvalue weighted by Crippen LogP contribution is -2.50. The maximum absolute atomic E-state index is 13.0. The molecule has 1 fully saturated rings. The predicted molar refractivity (Wildman–Crippen MR) is 120 cm³/mol. The van der Waals surface area contributed by atoms with E-state index < -0.39 is 10.0 Å². The van der Waals surface area contributed by atoms with Crippen molar-refractivity contribution < 1.29 is 13.2 Å². The topological polar surface area (TPSA) is 69.7 Å². The molecule has 1 heterocycles. The minimum Gasteiger partial charge on any atom is -0.325 e. The number of para-hydroxylation sites is 1. The molecule has 0 aromatic heterocycles. The van der Waals surface area contributed by atoms with Gasteiger partial charge in [0.05, 0.1) is 11.4 Å². The monoisotopic (exact) mass is 429 g/mol. The largest absolute Gasteiger partial charge is 0.325 e. The van der Waals surface area contributed by atoms with Crippen LogP contribution < -0.4 is 5.32 Å². The maximum Gasteiger partial charge on any atom is 0.243 e. The van der Waals surface area contributed by atoms with E-state index in [0.29, 0.717) is 37.0 Å². The Balaban J connectivity index is 1.59. The van der Waals surface area contributed by atoms with E-state index in [4.69, 9.17) is 0 Å². The molecule has 6 nitrogen and oxygen atoms in total. The van der Waals surface area contributed by atoms with Crippen LogP contribution in [0.4, 0.5) is 5.69 Å². The number of aryl methyl sites for hydroxylation is 2. The van der Waals surface area contributed by atoms with Crippen molar-refractivity contribution in [1.29, 1.82) is 0 Å². The minimum absolute atomic E-state index is 0.0752. The van der Waals surface area contributed by atoms with E-state index in [1.54, 1.807) is 6.07 Å². The van der Waals surface area contributed by atoms with E-state index in [1.807, 2.05) is 55.1 Å². The lowest BCUT2D eigenvalue weighted by Gasteiger charge is -2.33. The lowest BCUT2D eigenvalue weighted by atomic mass is 10.0. The Labute approximate surface area is 179 Å². The molecule has 0 spiro atoms. The van der Waals surface area contributed by atoms with Crippen LogP contribution in [0, 0.1) is 13.8 Å². The van der Waals surface area contributed by atoms with Gasteiger partial charge in [0, 0.05) is 31.9 Å². The van der Waals surface area contributed by atoms with Gasteiger partial charge in [-0.25, -0.2) is 8.42 Å². The van der Waals surface area contributed by atoms with Gasteiger partial charge < -0.3 is 5.32 Å². The van der Waals surface area contributed by atoms with Gasteiger partial charge in [0.15, 0.2) is 0 Å². The van der Waals surface area contributed by atoms with Crippen LogP contribution in [0.25, 0.3) is 0 Å². The zero-order valence-electron chi connectivity index (χ0n) is 18.2. The molecule has 0 bridgehead atoms. The number of rotatable bonds is 6. The van der Waals surface area contributed by atoms with Crippen LogP contribution in [-0.4, -0.2) is 56.3 Å². The molecular weight excluding hydrogens is 398 g/mol. The lowest BCUT2D eigenvalue weighted by molar-refractivity contribution is -0.117. The molecule has 2 aromatic rings. The number of nitrogens with zero attached hydrogens (tertiary/aromatic N) is 2. The molecular formula is C23H31N3O3S. The number of anilines is 1. The molecule has 30 heavy (non-hydrogen) atoms. The zero-order chi connectivity index (χ0) is 21.9. The highest BCUT2D eigenvalue weighted by molar-refractivity contribution is 7.89. The van der Waals surface area contributed by atoms with Crippen molar-refractivity contribution in [3.63, 3.8) is 0 Å². The van der Waals surface area contributed by atoms with Crippen LogP contribution in [0.15, 0.2) is 47.4 Å². The smallest absolute Gasteiger partial charge is 0.243 e. The number of hydrogen-bond acceptors (Lipinski definition) is 4. The number of nitrogens with one attached hydrogen (secondary N) is 1. The van der Waals surface area contributed by atoms with Crippen molar-refractivity contribution in [2.75, 3.05) is 38.0 Å². The highest BCUT2D eigenvalue weighted by Gasteiger charge is 2.30. The van der Waals surface area contributed by atoms with Crippen LogP contribution in [0.2, 0.25) is 0 Å². The fourth-order valence-corrected chi connectivity index (χ4v) is 5.49. The number of amides is 1. The summed E-state index contributed by atoms with van der Waals surface area (Å²) in [6, 6.07) is 13.2. The first-order valence-electron chi connectivity index (χ1n) is 10.4. The van der Waals surface area contributed by atoms with Crippen LogP contribution in [0.3, 0.4) is 0 Å². The summed E-state index contributed by atoms with van der Waals surface area (Å²) in [5.74, 6) is 0.245. The fraction of sp³-hybridized carbons (Fsp3) is 0.435. The van der Waals surface area contributed by atoms with E-state index >= 15 is 0 Å². The Kier molecular flexibility index (Phi) is 6.95. The Bertz CT molecular complexity index is 1010. The van der Waals surface area contributed by atoms with Crippen molar-refractivity contribution in [2.24, 2.45) is 0 Å². The second-order valence-electron chi connectivity index (χ2n) is 8.24. The second kappa shape index (κ2) is 9.29. The van der Waals surface area contributed by atoms with Crippen molar-refractivity contribution >= 4 is 21.6 Å². The van der Waals surface area contributed by atoms with E-state index in [9.17, 15) is 13.2 Å². The fourth-order valence-electron chi connectivity index (χ4n) is 3.86. The minimum atomic E-state index is -3.52. The number of hydrogen-bond donors (Lipinski definition) is 1. The molecule has 162 valence electrons. The van der Waals surface area contributed by atoms with Gasteiger partial charge in [0.2, 0.25) is 15.9 Å². The van der Waals surface area contributed by atoms with Gasteiger partial charge in [-0.15, -0.1) is 0 Å². The maximum atomic E-state index is 13.0. The van der Waals surface area contributed by atoms with Gasteiger partial charge in [-0.2, -0.15) is 4.31 Å². The predicted octanol–water partition coefficient (Wildman–Crippen LogP) is 3.37. The number of sulfonamides is 1. The van der Waals surface area contributed by atoms with Gasteiger partial charge in [-0.1, -0.05) is 49.7 Å². The molecule has 1 aliphatic rings. The average Bonchev–Trinajstić information content (AvgIpc) is 2.68. The van der Waals surface area contributed by atoms with Crippen LogP contribution in [-0.2, 0) is 14.8 Å². The third-order valence-electron chi connectivity index (χ3n) is 5.50. The van der Waals surface area contributed by atoms with Crippen molar-refractivity contribution in [3.8, 4) is 0 Å². The first kappa shape index (κ1) is 22.5. The highest BCUT2D eigenvalue weighted by Crippen LogP contribution is 2.24. The zero-order valence-corrected chi connectivity index (χ0v) is 19.0. The molecule has 0 radical (unpaired) electrons. The summed E-state index contributed by atoms with van der Waals surface area (Å²) >= 11 is 0. The standard InChI is InChI=1S/C23H31N3O3S/c1-17(2)20-7-5-6-8-21(20)24-23(27)16-25-11-13-26(14-12-25)30(28,29)22-10-9-18(3)15-19(22)4/h5-10,15,17H,11-14,16H2,1-4H3,(H,24,27). The number of carbonyl (C=O) groups excluding carboxylic acids is 1. The Morgan fingerprint density at radius 3 is 2.33 bits per heavy atom. The SMILES string of the molecule is Cc1ccc(S(=O)(=O)N2CCN(CC(=O)Nc3ccccc3C(C)C)CC2)c(C)c1. The Morgan fingerprint density at radius 2 is 1.70 bits per heavy atom. The van der Waals surface area contributed by atoms with E-state index in [2.05, 4.69) is 19.2 Å². The quantitative estimate of drug-likeness (QED) is 0.764. The van der Waals surface area contributed by atoms with Crippen LogP contribution in [0.1, 0.15) is 36.5 Å². The van der Waals surface area contributed by atoms with Crippen molar-refractivity contribution in [2.45, 2.75) is 38.5 Å². The highest BCUT2D eigenvalue weighted by atomic mass is 32.2. The molecule has 0 atom stereocenters. The molecule has 1 N–H and O–H groups in total. The van der Waals surface area contributed by atoms with Gasteiger partial charge in [-0.3, -0.25) is 9.69 Å². The first-order chi connectivity index (χ1) is 14.2. The number of benzene rings is 2. The van der Waals surface area contributed by atoms with Gasteiger partial charge in [0.25, 0.3) is 0 Å². The summed E-state index contributed by atoms with van der Waals surface area (Å²) in [6.07, 6.45) is 0. The van der Waals surface area contributed by atoms with Crippen molar-refractivity contribution in [1.82, 2.24) is 9.21 Å². The molecule has 3 rings (SSSR count). The molecule has 0 saturated carbocycles. The van der Waals surface area contributed by atoms with Gasteiger partial charge >= 0.3 is 0 Å². The summed E-state index contributed by atoms with van der Waals surface area (Å²) in [5.41, 5.74) is 3.76. The number of carbonyl (C=O) groups is 1. The number of piperazine rings is 1. The average molecular weight is 430 g/mol. The molecule has 1 amide bonds. The normalized spacial score (nSPS) is 16.0. The van der Waals surface area contributed by atoms with Crippen LogP contribution >= 0.6 is 0 Å². The Morgan fingerprint density at radius 1 is 1.03 bits per heavy atom. The Hall–Kier alpha value is -2.22. The third-order valence-corrected chi connectivity index (χ3v) is 7.56. The molecule has 0 aliphatic carbocycles. The van der Waals surface area contributed by atoms with Gasteiger partial charge in [-0.05, 0) is 43.0 Å². The third kappa shape index (κ3) is 5.09. The van der Waals surface area contributed by atoms with E-state index in [0.717, 1.165) is 22.4 Å². The summed E-state index contributed by atoms with van der Waals surface area (Å²) < 4.78 is 27.6. The molecule has 2 aromatic carbocycles. The first-order valence-corrected chi connectivity index (χ1v) is 11.8.